The zero-order valence-electron chi connectivity index (χ0n) is 15.7. The number of halogens is 1. The molecule has 3 aromatic rings. The van der Waals surface area contributed by atoms with Gasteiger partial charge in [-0.1, -0.05) is 11.6 Å². The van der Waals surface area contributed by atoms with Crippen molar-refractivity contribution in [3.63, 3.8) is 0 Å². The highest BCUT2D eigenvalue weighted by Gasteiger charge is 2.39. The van der Waals surface area contributed by atoms with Gasteiger partial charge in [0.05, 0.1) is 23.3 Å². The van der Waals surface area contributed by atoms with Crippen LogP contribution in [0.15, 0.2) is 59.0 Å². The Morgan fingerprint density at radius 1 is 1.24 bits per heavy atom. The summed E-state index contributed by atoms with van der Waals surface area (Å²) in [6, 6.07) is 9.14. The number of benzene rings is 1. The van der Waals surface area contributed by atoms with E-state index in [2.05, 4.69) is 25.8 Å². The van der Waals surface area contributed by atoms with E-state index in [9.17, 15) is 4.79 Å². The molecule has 0 spiro atoms. The van der Waals surface area contributed by atoms with Crippen molar-refractivity contribution in [3.05, 3.63) is 64.7 Å². The van der Waals surface area contributed by atoms with Crippen molar-refractivity contribution in [2.75, 3.05) is 5.32 Å². The largest absolute Gasteiger partial charge is 0.343 e. The summed E-state index contributed by atoms with van der Waals surface area (Å²) in [5, 5.41) is 14.6. The molecule has 1 aromatic carbocycles. The van der Waals surface area contributed by atoms with Crippen LogP contribution in [0.5, 0.6) is 0 Å². The molecule has 3 heterocycles. The molecule has 1 unspecified atom stereocenters. The SMILES string of the molecule is CC1=C(C(=O)Nc2ccc3[nH]ncc3c2)C(C2CC2)N=C(c2ccnc(Cl)c2)N1. The maximum Gasteiger partial charge on any atom is 0.255 e. The van der Waals surface area contributed by atoms with Crippen LogP contribution in [0.3, 0.4) is 0 Å². The van der Waals surface area contributed by atoms with Crippen LogP contribution in [0, 0.1) is 5.92 Å². The first-order valence-electron chi connectivity index (χ1n) is 9.50. The van der Waals surface area contributed by atoms with E-state index in [1.807, 2.05) is 31.2 Å². The van der Waals surface area contributed by atoms with E-state index in [4.69, 9.17) is 16.6 Å². The third kappa shape index (κ3) is 3.49. The van der Waals surface area contributed by atoms with Crippen molar-refractivity contribution < 1.29 is 4.79 Å². The molecule has 8 heteroatoms. The molecule has 7 nitrogen and oxygen atoms in total. The highest BCUT2D eigenvalue weighted by atomic mass is 35.5. The van der Waals surface area contributed by atoms with Crippen molar-refractivity contribution in [1.29, 1.82) is 0 Å². The van der Waals surface area contributed by atoms with Crippen molar-refractivity contribution in [2.24, 2.45) is 10.9 Å². The Morgan fingerprint density at radius 3 is 2.90 bits per heavy atom. The van der Waals surface area contributed by atoms with Gasteiger partial charge in [-0.25, -0.2) is 4.98 Å². The van der Waals surface area contributed by atoms with E-state index in [1.54, 1.807) is 18.5 Å². The quantitative estimate of drug-likeness (QED) is 0.576. The van der Waals surface area contributed by atoms with Crippen LogP contribution >= 0.6 is 11.6 Å². The molecule has 5 rings (SSSR count). The van der Waals surface area contributed by atoms with Crippen LogP contribution < -0.4 is 10.6 Å². The molecule has 146 valence electrons. The smallest absolute Gasteiger partial charge is 0.255 e. The van der Waals surface area contributed by atoms with E-state index in [1.165, 1.54) is 0 Å². The normalized spacial score (nSPS) is 19.1. The summed E-state index contributed by atoms with van der Waals surface area (Å²) in [5.41, 5.74) is 4.01. The van der Waals surface area contributed by atoms with Gasteiger partial charge in [-0.05, 0) is 56.0 Å². The van der Waals surface area contributed by atoms with Gasteiger partial charge in [0.1, 0.15) is 11.0 Å². The summed E-state index contributed by atoms with van der Waals surface area (Å²) in [6.45, 7) is 1.92. The van der Waals surface area contributed by atoms with Gasteiger partial charge in [-0.3, -0.25) is 14.9 Å². The summed E-state index contributed by atoms with van der Waals surface area (Å²) < 4.78 is 0. The minimum absolute atomic E-state index is 0.134. The molecule has 0 radical (unpaired) electrons. The minimum atomic E-state index is -0.171. The first kappa shape index (κ1) is 17.9. The predicted molar refractivity (Wildman–Crippen MR) is 113 cm³/mol. The van der Waals surface area contributed by atoms with E-state index in [0.29, 0.717) is 16.6 Å². The maximum absolute atomic E-state index is 13.2. The molecule has 1 aliphatic carbocycles. The number of rotatable bonds is 4. The number of carbonyl (C=O) groups is 1. The highest BCUT2D eigenvalue weighted by Crippen LogP contribution is 2.40. The second-order valence-electron chi connectivity index (χ2n) is 7.42. The number of amidine groups is 1. The number of pyridine rings is 1. The zero-order valence-corrected chi connectivity index (χ0v) is 16.5. The number of hydrogen-bond donors (Lipinski definition) is 3. The molecule has 0 saturated heterocycles. The number of allylic oxidation sites excluding steroid dienone is 1. The van der Waals surface area contributed by atoms with Crippen LogP contribution in [0.2, 0.25) is 5.15 Å². The molecule has 1 amide bonds. The number of amides is 1. The van der Waals surface area contributed by atoms with Gasteiger partial charge in [-0.15, -0.1) is 0 Å². The molecular formula is C21H19ClN6O. The van der Waals surface area contributed by atoms with Gasteiger partial charge in [-0.2, -0.15) is 5.10 Å². The van der Waals surface area contributed by atoms with Gasteiger partial charge in [0.15, 0.2) is 0 Å². The van der Waals surface area contributed by atoms with Gasteiger partial charge in [0.2, 0.25) is 0 Å². The van der Waals surface area contributed by atoms with E-state index >= 15 is 0 Å². The molecular weight excluding hydrogens is 388 g/mol. The Kier molecular flexibility index (Phi) is 4.32. The lowest BCUT2D eigenvalue weighted by Gasteiger charge is -2.26. The number of nitrogens with zero attached hydrogens (tertiary/aromatic N) is 3. The summed E-state index contributed by atoms with van der Waals surface area (Å²) >= 11 is 6.04. The van der Waals surface area contributed by atoms with Crippen molar-refractivity contribution >= 4 is 39.9 Å². The van der Waals surface area contributed by atoms with Crippen LogP contribution in [0.4, 0.5) is 5.69 Å². The standard InChI is InChI=1S/C21H19ClN6O/c1-11-18(21(29)26-15-4-5-16-14(8-15)10-24-28-16)19(12-2-3-12)27-20(25-11)13-6-7-23-17(22)9-13/h4-10,12,19H,2-3H2,1H3,(H,24,28)(H,25,27)(H,26,29). The lowest BCUT2D eigenvalue weighted by Crippen LogP contribution is -2.37. The maximum atomic E-state index is 13.2. The number of anilines is 1. The first-order chi connectivity index (χ1) is 14.1. The lowest BCUT2D eigenvalue weighted by molar-refractivity contribution is -0.113. The van der Waals surface area contributed by atoms with Crippen LogP contribution in [-0.2, 0) is 4.79 Å². The van der Waals surface area contributed by atoms with Crippen molar-refractivity contribution in [2.45, 2.75) is 25.8 Å². The van der Waals surface area contributed by atoms with Crippen LogP contribution in [0.1, 0.15) is 25.3 Å². The third-order valence-electron chi connectivity index (χ3n) is 5.29. The predicted octanol–water partition coefficient (Wildman–Crippen LogP) is 3.65. The molecule has 2 aliphatic rings. The van der Waals surface area contributed by atoms with Crippen LogP contribution in [0.25, 0.3) is 10.9 Å². The second-order valence-corrected chi connectivity index (χ2v) is 7.80. The van der Waals surface area contributed by atoms with Crippen molar-refractivity contribution in [1.82, 2.24) is 20.5 Å². The number of aliphatic imine (C=N–C) groups is 1. The molecule has 3 N–H and O–H groups in total. The van der Waals surface area contributed by atoms with E-state index in [0.717, 1.165) is 46.5 Å². The third-order valence-corrected chi connectivity index (χ3v) is 5.49. The Hall–Kier alpha value is -3.19. The molecule has 29 heavy (non-hydrogen) atoms. The monoisotopic (exact) mass is 406 g/mol. The van der Waals surface area contributed by atoms with Crippen LogP contribution in [-0.4, -0.2) is 33.0 Å². The molecule has 1 fully saturated rings. The number of carbonyl (C=O) groups excluding carboxylic acids is 1. The number of aromatic nitrogens is 3. The minimum Gasteiger partial charge on any atom is -0.343 e. The number of fused-ring (bicyclic) bond motifs is 1. The molecule has 1 atom stereocenters. The average molecular weight is 407 g/mol. The molecule has 2 aromatic heterocycles. The lowest BCUT2D eigenvalue weighted by atomic mass is 9.97. The highest BCUT2D eigenvalue weighted by molar-refractivity contribution is 6.29. The Balaban J connectivity index is 1.44. The second kappa shape index (κ2) is 7.00. The molecule has 1 aliphatic heterocycles. The number of hydrogen-bond acceptors (Lipinski definition) is 5. The topological polar surface area (TPSA) is 95.1 Å². The molecule has 0 bridgehead atoms. The van der Waals surface area contributed by atoms with E-state index in [-0.39, 0.29) is 11.9 Å². The number of aromatic amines is 1. The fourth-order valence-electron chi connectivity index (χ4n) is 3.68. The summed E-state index contributed by atoms with van der Waals surface area (Å²) in [7, 11) is 0. The Morgan fingerprint density at radius 2 is 2.10 bits per heavy atom. The summed E-state index contributed by atoms with van der Waals surface area (Å²) in [4.78, 5) is 22.1. The van der Waals surface area contributed by atoms with Crippen molar-refractivity contribution in [3.8, 4) is 0 Å². The van der Waals surface area contributed by atoms with E-state index < -0.39 is 0 Å². The average Bonchev–Trinajstić information content (AvgIpc) is 3.45. The zero-order chi connectivity index (χ0) is 20.0. The Labute approximate surface area is 172 Å². The Bertz CT molecular complexity index is 1180. The van der Waals surface area contributed by atoms with Gasteiger partial charge < -0.3 is 10.6 Å². The fraction of sp³-hybridized carbons (Fsp3) is 0.238. The summed E-state index contributed by atoms with van der Waals surface area (Å²) in [6.07, 6.45) is 5.54. The number of H-pyrrole nitrogens is 1. The number of nitrogens with one attached hydrogen (secondary N) is 3. The molecule has 1 saturated carbocycles. The van der Waals surface area contributed by atoms with Gasteiger partial charge >= 0.3 is 0 Å². The fourth-order valence-corrected chi connectivity index (χ4v) is 3.85. The van der Waals surface area contributed by atoms with Gasteiger partial charge in [0, 0.05) is 28.5 Å². The van der Waals surface area contributed by atoms with Gasteiger partial charge in [0.25, 0.3) is 5.91 Å². The summed E-state index contributed by atoms with van der Waals surface area (Å²) in [5.74, 6) is 0.974. The first-order valence-corrected chi connectivity index (χ1v) is 9.88.